The van der Waals surface area contributed by atoms with E-state index in [2.05, 4.69) is 5.69 Å². The molecule has 0 aliphatic rings. The first-order chi connectivity index (χ1) is 1.91. The Bertz CT molecular complexity index is 35.8. The van der Waals surface area contributed by atoms with E-state index in [4.69, 9.17) is 5.26 Å². The van der Waals surface area contributed by atoms with E-state index in [1.165, 1.54) is 0 Å². The molecule has 0 bridgehead atoms. The molecule has 0 radical (unpaired) electrons. The fraction of sp³-hybridized carbons (Fsp3) is 0.500. The third-order valence-electron chi connectivity index (χ3n) is 0.158. The maximum absolute atomic E-state index is 7.69. The Morgan fingerprint density at radius 1 is 2.00 bits per heavy atom. The minimum absolute atomic E-state index is 0.270. The lowest BCUT2D eigenvalue weighted by molar-refractivity contribution is 1.56. The summed E-state index contributed by atoms with van der Waals surface area (Å²) >= 11 is 0. The zero-order valence-corrected chi connectivity index (χ0v) is 4.07. The van der Waals surface area contributed by atoms with Crippen molar-refractivity contribution in [3.63, 3.8) is 0 Å². The summed E-state index contributed by atoms with van der Waals surface area (Å²) in [5.74, 6) is 0. The van der Waals surface area contributed by atoms with Crippen molar-refractivity contribution in [1.82, 2.24) is 0 Å². The van der Waals surface area contributed by atoms with Gasteiger partial charge >= 0.3 is 0 Å². The van der Waals surface area contributed by atoms with Gasteiger partial charge in [-0.3, -0.25) is 0 Å². The maximum Gasteiger partial charge on any atom is 0.139 e. The van der Waals surface area contributed by atoms with Gasteiger partial charge in [-0.1, -0.05) is 6.55 Å². The summed E-state index contributed by atoms with van der Waals surface area (Å²) < 4.78 is 0. The van der Waals surface area contributed by atoms with Crippen LogP contribution in [-0.2, 0) is 0 Å². The van der Waals surface area contributed by atoms with E-state index in [0.717, 1.165) is 0 Å². The Morgan fingerprint density at radius 3 is 2.25 bits per heavy atom. The van der Waals surface area contributed by atoms with Gasteiger partial charge < -0.3 is 0 Å². The fourth-order valence-corrected chi connectivity index (χ4v) is 0. The van der Waals surface area contributed by atoms with Gasteiger partial charge in [0.15, 0.2) is 0 Å². The molecular weight excluding hydrogens is 66.1 g/mol. The quantitative estimate of drug-likeness (QED) is 0.359. The van der Waals surface area contributed by atoms with Crippen molar-refractivity contribution in [2.75, 3.05) is 0 Å². The molecule has 0 unspecified atom stereocenters. The van der Waals surface area contributed by atoms with Crippen LogP contribution in [0, 0.1) is 11.0 Å². The lowest BCUT2D eigenvalue weighted by Gasteiger charge is -1.43. The lowest BCUT2D eigenvalue weighted by atomic mass is 11.8. The molecule has 0 spiro atoms. The van der Waals surface area contributed by atoms with Crippen LogP contribution < -0.4 is 0 Å². The van der Waals surface area contributed by atoms with E-state index in [1.807, 2.05) is 6.55 Å². The van der Waals surface area contributed by atoms with Gasteiger partial charge in [-0.25, -0.2) is 5.26 Å². The highest BCUT2D eigenvalue weighted by atomic mass is 28.2. The minimum Gasteiger partial charge on any atom is -0.208 e. The average Bonchev–Trinajstić information content (AvgIpc) is 1.37. The Kier molecular flexibility index (Phi) is 2.51. The topological polar surface area (TPSA) is 23.8 Å². The van der Waals surface area contributed by atoms with E-state index < -0.39 is 0 Å². The molecule has 0 aromatic rings. The summed E-state index contributed by atoms with van der Waals surface area (Å²) in [6, 6.07) is 0. The van der Waals surface area contributed by atoms with E-state index in [0.29, 0.717) is 0 Å². The van der Waals surface area contributed by atoms with E-state index >= 15 is 0 Å². The minimum atomic E-state index is -0.270. The first-order valence-electron chi connectivity index (χ1n) is 1.28. The third-order valence-corrected chi connectivity index (χ3v) is 0.474. The van der Waals surface area contributed by atoms with Crippen LogP contribution in [0.1, 0.15) is 0 Å². The van der Waals surface area contributed by atoms with Gasteiger partial charge in [-0.2, -0.15) is 0 Å². The van der Waals surface area contributed by atoms with Crippen molar-refractivity contribution in [3.8, 4) is 5.69 Å². The van der Waals surface area contributed by atoms with Crippen LogP contribution >= 0.6 is 0 Å². The largest absolute Gasteiger partial charge is 0.208 e. The SMILES string of the molecule is C[SiH2]C#N. The summed E-state index contributed by atoms with van der Waals surface area (Å²) in [4.78, 5) is 0. The van der Waals surface area contributed by atoms with Crippen molar-refractivity contribution < 1.29 is 0 Å². The highest BCUT2D eigenvalue weighted by molar-refractivity contribution is 6.43. The van der Waals surface area contributed by atoms with Gasteiger partial charge in [-0.15, -0.1) is 0 Å². The molecule has 22 valence electrons. The summed E-state index contributed by atoms with van der Waals surface area (Å²) in [5.41, 5.74) is 2.07. The predicted octanol–water partition coefficient (Wildman–Crippen LogP) is -0.316. The van der Waals surface area contributed by atoms with Crippen LogP contribution in [0.3, 0.4) is 0 Å². The Balaban J connectivity index is 2.43. The molecule has 0 amide bonds. The first-order valence-corrected chi connectivity index (χ1v) is 3.41. The first kappa shape index (κ1) is 3.71. The van der Waals surface area contributed by atoms with Gasteiger partial charge in [0, 0.05) is 5.69 Å². The van der Waals surface area contributed by atoms with Gasteiger partial charge in [0.1, 0.15) is 9.52 Å². The zero-order valence-electron chi connectivity index (χ0n) is 2.65. The van der Waals surface area contributed by atoms with Crippen LogP contribution in [0.25, 0.3) is 0 Å². The van der Waals surface area contributed by atoms with Crippen molar-refractivity contribution >= 4 is 9.52 Å². The molecule has 0 saturated heterocycles. The Labute approximate surface area is 28.1 Å². The molecule has 0 atom stereocenters. The molecule has 0 aromatic carbocycles. The molecule has 0 N–H and O–H groups in total. The van der Waals surface area contributed by atoms with Gasteiger partial charge in [0.05, 0.1) is 0 Å². The molecule has 0 aromatic heterocycles. The summed E-state index contributed by atoms with van der Waals surface area (Å²) in [6.07, 6.45) is 0. The third kappa shape index (κ3) is 1.71. The maximum atomic E-state index is 7.69. The number of nitriles is 1. The van der Waals surface area contributed by atoms with Crippen LogP contribution in [0.4, 0.5) is 0 Å². The second kappa shape index (κ2) is 2.71. The summed E-state index contributed by atoms with van der Waals surface area (Å²) in [7, 11) is -0.270. The van der Waals surface area contributed by atoms with E-state index in [1.54, 1.807) is 0 Å². The second-order valence-corrected chi connectivity index (χ2v) is 1.54. The van der Waals surface area contributed by atoms with Crippen molar-refractivity contribution in [2.45, 2.75) is 6.55 Å². The molecule has 4 heavy (non-hydrogen) atoms. The zero-order chi connectivity index (χ0) is 3.41. The number of rotatable bonds is 0. The second-order valence-electron chi connectivity index (χ2n) is 0.512. The van der Waals surface area contributed by atoms with Crippen molar-refractivity contribution in [1.29, 1.82) is 5.26 Å². The van der Waals surface area contributed by atoms with Crippen LogP contribution in [0.2, 0.25) is 6.55 Å². The lowest BCUT2D eigenvalue weighted by Crippen LogP contribution is -1.63. The number of hydrogen-bond donors (Lipinski definition) is 0. The van der Waals surface area contributed by atoms with E-state index in [-0.39, 0.29) is 9.52 Å². The highest BCUT2D eigenvalue weighted by Gasteiger charge is 1.53. The summed E-state index contributed by atoms with van der Waals surface area (Å²) in [5, 5.41) is 7.69. The summed E-state index contributed by atoms with van der Waals surface area (Å²) in [6.45, 7) is 1.96. The molecule has 0 aliphatic carbocycles. The van der Waals surface area contributed by atoms with Crippen LogP contribution in [0.5, 0.6) is 0 Å². The highest BCUT2D eigenvalue weighted by Crippen LogP contribution is 1.37. The monoisotopic (exact) mass is 71.0 g/mol. The fourth-order valence-electron chi connectivity index (χ4n) is 0. The standard InChI is InChI=1S/C2H5NSi/c1-4-2-3/h4H2,1H3. The molecule has 0 aliphatic heterocycles. The van der Waals surface area contributed by atoms with Crippen molar-refractivity contribution in [3.05, 3.63) is 0 Å². The molecule has 1 nitrogen and oxygen atoms in total. The number of nitrogens with zero attached hydrogens (tertiary/aromatic N) is 1. The molecule has 0 fully saturated rings. The van der Waals surface area contributed by atoms with Crippen LogP contribution in [0.15, 0.2) is 0 Å². The molecule has 2 heteroatoms. The Hall–Kier alpha value is -0.293. The van der Waals surface area contributed by atoms with Gasteiger partial charge in [0.25, 0.3) is 0 Å². The van der Waals surface area contributed by atoms with Crippen LogP contribution in [-0.4, -0.2) is 9.52 Å². The van der Waals surface area contributed by atoms with Crippen molar-refractivity contribution in [2.24, 2.45) is 0 Å². The number of hydrogen-bond acceptors (Lipinski definition) is 1. The van der Waals surface area contributed by atoms with E-state index in [9.17, 15) is 0 Å². The van der Waals surface area contributed by atoms with Gasteiger partial charge in [0.2, 0.25) is 0 Å². The molecule has 0 saturated carbocycles. The Morgan fingerprint density at radius 2 is 2.25 bits per heavy atom. The normalized spacial score (nSPS) is 8.00. The smallest absolute Gasteiger partial charge is 0.139 e. The predicted molar refractivity (Wildman–Crippen MR) is 20.0 cm³/mol. The van der Waals surface area contributed by atoms with Gasteiger partial charge in [-0.05, 0) is 0 Å². The molecular formula is C2H5NSi. The molecule has 0 heterocycles. The average molecular weight is 71.2 g/mol. The molecule has 0 rings (SSSR count).